The molecule has 8 nitrogen and oxygen atoms in total. The van der Waals surface area contributed by atoms with Crippen LogP contribution in [-0.4, -0.2) is 55.7 Å². The van der Waals surface area contributed by atoms with E-state index in [2.05, 4.69) is 9.82 Å². The number of carbonyl (C=O) groups excluding carboxylic acids is 1. The summed E-state index contributed by atoms with van der Waals surface area (Å²) in [5.74, 6) is 0.795. The lowest BCUT2D eigenvalue weighted by atomic mass is 9.98. The number of aromatic nitrogens is 2. The molecule has 1 atom stereocenters. The number of nitrogens with one attached hydrogen (secondary N) is 1. The topological polar surface area (TPSA) is 93.5 Å². The van der Waals surface area contributed by atoms with Gasteiger partial charge >= 0.3 is 0 Å². The summed E-state index contributed by atoms with van der Waals surface area (Å²) >= 11 is 0. The number of hydrogen-bond acceptors (Lipinski definition) is 5. The van der Waals surface area contributed by atoms with Crippen LogP contribution in [0.4, 0.5) is 0 Å². The molecule has 3 rings (SSSR count). The molecule has 1 aliphatic heterocycles. The van der Waals surface area contributed by atoms with Gasteiger partial charge < -0.3 is 9.64 Å². The minimum atomic E-state index is -3.58. The average molecular weight is 407 g/mol. The molecule has 28 heavy (non-hydrogen) atoms. The highest BCUT2D eigenvalue weighted by molar-refractivity contribution is 7.89. The molecule has 1 fully saturated rings. The van der Waals surface area contributed by atoms with Crippen LogP contribution >= 0.6 is 0 Å². The molecule has 1 aliphatic rings. The number of piperidine rings is 1. The van der Waals surface area contributed by atoms with Gasteiger partial charge in [0.1, 0.15) is 5.75 Å². The first kappa shape index (κ1) is 20.3. The molecule has 0 spiro atoms. The number of ether oxygens (including phenoxy) is 1. The van der Waals surface area contributed by atoms with Crippen LogP contribution in [0.5, 0.6) is 5.75 Å². The minimum Gasteiger partial charge on any atom is -0.497 e. The Kier molecular flexibility index (Phi) is 6.69. The van der Waals surface area contributed by atoms with Gasteiger partial charge in [0.2, 0.25) is 15.9 Å². The first-order valence-electron chi connectivity index (χ1n) is 9.37. The molecule has 0 unspecified atom stereocenters. The largest absolute Gasteiger partial charge is 0.497 e. The van der Waals surface area contributed by atoms with Crippen molar-refractivity contribution < 1.29 is 17.9 Å². The van der Waals surface area contributed by atoms with Crippen molar-refractivity contribution in [3.05, 3.63) is 42.7 Å². The molecule has 1 saturated heterocycles. The number of benzene rings is 1. The maximum Gasteiger partial charge on any atom is 0.240 e. The standard InChI is InChI=1S/C19H26N4O4S/c1-27-17-5-7-18(8-6-17)28(25,26)21-14-16-4-2-11-22(15-16)19(24)9-13-23-12-3-10-20-23/h3,5-8,10,12,16,21H,2,4,9,11,13-15H2,1H3/t16-/m1/s1. The van der Waals surface area contributed by atoms with Crippen LogP contribution in [0.2, 0.25) is 0 Å². The summed E-state index contributed by atoms with van der Waals surface area (Å²) in [6, 6.07) is 8.11. The molecular formula is C19H26N4O4S. The molecule has 0 saturated carbocycles. The Labute approximate surface area is 165 Å². The smallest absolute Gasteiger partial charge is 0.240 e. The van der Waals surface area contributed by atoms with E-state index in [-0.39, 0.29) is 16.7 Å². The monoisotopic (exact) mass is 406 g/mol. The van der Waals surface area contributed by atoms with Gasteiger partial charge in [-0.1, -0.05) is 0 Å². The van der Waals surface area contributed by atoms with Gasteiger partial charge in [-0.2, -0.15) is 5.10 Å². The molecule has 0 radical (unpaired) electrons. The van der Waals surface area contributed by atoms with Crippen LogP contribution in [0, 0.1) is 5.92 Å². The fraction of sp³-hybridized carbons (Fsp3) is 0.474. The summed E-state index contributed by atoms with van der Waals surface area (Å²) in [5, 5.41) is 4.11. The molecule has 2 heterocycles. The van der Waals surface area contributed by atoms with Crippen LogP contribution in [-0.2, 0) is 21.4 Å². The predicted molar refractivity (Wildman–Crippen MR) is 104 cm³/mol. The highest BCUT2D eigenvalue weighted by Gasteiger charge is 2.25. The van der Waals surface area contributed by atoms with Crippen molar-refractivity contribution in [1.82, 2.24) is 19.4 Å². The van der Waals surface area contributed by atoms with Crippen LogP contribution in [0.1, 0.15) is 19.3 Å². The first-order chi connectivity index (χ1) is 13.5. The SMILES string of the molecule is COc1ccc(S(=O)(=O)NC[C@H]2CCCN(C(=O)CCn3cccn3)C2)cc1. The Hall–Kier alpha value is -2.39. The van der Waals surface area contributed by atoms with Gasteiger partial charge in [-0.05, 0) is 49.1 Å². The number of nitrogens with zero attached hydrogens (tertiary/aromatic N) is 3. The highest BCUT2D eigenvalue weighted by atomic mass is 32.2. The number of methoxy groups -OCH3 is 1. The summed E-state index contributed by atoms with van der Waals surface area (Å²) < 4.78 is 34.4. The summed E-state index contributed by atoms with van der Waals surface area (Å²) in [6.45, 7) is 2.16. The Morgan fingerprint density at radius 1 is 1.32 bits per heavy atom. The molecule has 0 bridgehead atoms. The van der Waals surface area contributed by atoms with Gasteiger partial charge in [-0.15, -0.1) is 0 Å². The second-order valence-corrected chi connectivity index (χ2v) is 8.66. The third kappa shape index (κ3) is 5.32. The zero-order chi connectivity index (χ0) is 20.0. The van der Waals surface area contributed by atoms with Crippen LogP contribution in [0.15, 0.2) is 47.6 Å². The fourth-order valence-corrected chi connectivity index (χ4v) is 4.44. The summed E-state index contributed by atoms with van der Waals surface area (Å²) in [5.41, 5.74) is 0. The minimum absolute atomic E-state index is 0.0817. The van der Waals surface area contributed by atoms with Crippen molar-refractivity contribution in [2.75, 3.05) is 26.7 Å². The van der Waals surface area contributed by atoms with E-state index < -0.39 is 10.0 Å². The van der Waals surface area contributed by atoms with Crippen molar-refractivity contribution in [1.29, 1.82) is 0 Å². The maximum absolute atomic E-state index is 12.5. The van der Waals surface area contributed by atoms with Crippen molar-refractivity contribution in [2.45, 2.75) is 30.7 Å². The zero-order valence-corrected chi connectivity index (χ0v) is 16.8. The number of aryl methyl sites for hydroxylation is 1. The van der Waals surface area contributed by atoms with E-state index in [0.717, 1.165) is 19.4 Å². The number of hydrogen-bond donors (Lipinski definition) is 1. The number of likely N-dealkylation sites (tertiary alicyclic amines) is 1. The lowest BCUT2D eigenvalue weighted by molar-refractivity contribution is -0.133. The van der Waals surface area contributed by atoms with Crippen molar-refractivity contribution >= 4 is 15.9 Å². The molecule has 1 amide bonds. The highest BCUT2D eigenvalue weighted by Crippen LogP contribution is 2.19. The molecule has 152 valence electrons. The van der Waals surface area contributed by atoms with Gasteiger partial charge in [-0.25, -0.2) is 13.1 Å². The van der Waals surface area contributed by atoms with Crippen LogP contribution in [0.3, 0.4) is 0 Å². The van der Waals surface area contributed by atoms with Gasteiger partial charge in [0.15, 0.2) is 0 Å². The predicted octanol–water partition coefficient (Wildman–Crippen LogP) is 1.50. The Morgan fingerprint density at radius 3 is 2.79 bits per heavy atom. The van der Waals surface area contributed by atoms with E-state index in [1.807, 2.05) is 17.2 Å². The van der Waals surface area contributed by atoms with E-state index in [9.17, 15) is 13.2 Å². The van der Waals surface area contributed by atoms with Crippen molar-refractivity contribution in [2.24, 2.45) is 5.92 Å². The molecule has 2 aromatic rings. The fourth-order valence-electron chi connectivity index (χ4n) is 3.32. The number of sulfonamides is 1. The molecule has 1 N–H and O–H groups in total. The van der Waals surface area contributed by atoms with Gasteiger partial charge in [-0.3, -0.25) is 9.48 Å². The van der Waals surface area contributed by atoms with E-state index in [0.29, 0.717) is 31.8 Å². The normalized spacial score (nSPS) is 17.5. The molecule has 1 aromatic carbocycles. The second kappa shape index (κ2) is 9.20. The van der Waals surface area contributed by atoms with Crippen LogP contribution in [0.25, 0.3) is 0 Å². The van der Waals surface area contributed by atoms with E-state index in [4.69, 9.17) is 4.74 Å². The van der Waals surface area contributed by atoms with E-state index >= 15 is 0 Å². The van der Waals surface area contributed by atoms with Crippen molar-refractivity contribution in [3.63, 3.8) is 0 Å². The second-order valence-electron chi connectivity index (χ2n) is 6.89. The Bertz CT molecular complexity index is 866. The molecular weight excluding hydrogens is 380 g/mol. The molecule has 0 aliphatic carbocycles. The van der Waals surface area contributed by atoms with Crippen molar-refractivity contribution in [3.8, 4) is 5.75 Å². The third-order valence-electron chi connectivity index (χ3n) is 4.92. The van der Waals surface area contributed by atoms with E-state index in [1.165, 1.54) is 19.2 Å². The first-order valence-corrected chi connectivity index (χ1v) is 10.8. The van der Waals surface area contributed by atoms with Gasteiger partial charge in [0, 0.05) is 45.0 Å². The Morgan fingerprint density at radius 2 is 2.11 bits per heavy atom. The third-order valence-corrected chi connectivity index (χ3v) is 6.36. The lowest BCUT2D eigenvalue weighted by Crippen LogP contribution is -2.43. The number of carbonyl (C=O) groups is 1. The molecule has 9 heteroatoms. The van der Waals surface area contributed by atoms with Gasteiger partial charge in [0.05, 0.1) is 12.0 Å². The maximum atomic E-state index is 12.5. The lowest BCUT2D eigenvalue weighted by Gasteiger charge is -2.33. The Balaban J connectivity index is 1.50. The van der Waals surface area contributed by atoms with Crippen LogP contribution < -0.4 is 9.46 Å². The summed E-state index contributed by atoms with van der Waals surface area (Å²) in [6.07, 6.45) is 5.69. The molecule has 1 aromatic heterocycles. The van der Waals surface area contributed by atoms with Gasteiger partial charge in [0.25, 0.3) is 0 Å². The van der Waals surface area contributed by atoms with E-state index in [1.54, 1.807) is 23.0 Å². The number of rotatable bonds is 8. The number of amides is 1. The summed E-state index contributed by atoms with van der Waals surface area (Å²) in [4.78, 5) is 14.5. The average Bonchev–Trinajstić information content (AvgIpc) is 3.24. The summed E-state index contributed by atoms with van der Waals surface area (Å²) in [7, 11) is -2.05. The zero-order valence-electron chi connectivity index (χ0n) is 16.0. The quantitative estimate of drug-likeness (QED) is 0.717.